The van der Waals surface area contributed by atoms with Crippen LogP contribution in [0, 0.1) is 12.8 Å². The van der Waals surface area contributed by atoms with Crippen molar-refractivity contribution in [2.75, 3.05) is 19.7 Å². The van der Waals surface area contributed by atoms with Gasteiger partial charge in [-0.05, 0) is 44.1 Å². The van der Waals surface area contributed by atoms with Gasteiger partial charge in [0, 0.05) is 37.8 Å². The van der Waals surface area contributed by atoms with Gasteiger partial charge >= 0.3 is 0 Å². The first-order valence-electron chi connectivity index (χ1n) is 9.30. The smallest absolute Gasteiger partial charge is 0.223 e. The van der Waals surface area contributed by atoms with Gasteiger partial charge in [0.2, 0.25) is 5.91 Å². The number of aromatic nitrogens is 2. The molecule has 2 bridgehead atoms. The van der Waals surface area contributed by atoms with E-state index in [0.717, 1.165) is 18.7 Å². The summed E-state index contributed by atoms with van der Waals surface area (Å²) in [5.74, 6) is 0.873. The maximum absolute atomic E-state index is 12.7. The summed E-state index contributed by atoms with van der Waals surface area (Å²) in [4.78, 5) is 14.7. The van der Waals surface area contributed by atoms with Gasteiger partial charge in [0.1, 0.15) is 0 Å². The molecule has 3 aliphatic rings. The summed E-state index contributed by atoms with van der Waals surface area (Å²) in [6.45, 7) is 4.80. The molecule has 3 fully saturated rings. The number of fused-ring (bicyclic) bond motifs is 2. The van der Waals surface area contributed by atoms with E-state index in [0.29, 0.717) is 43.5 Å². The Bertz CT molecular complexity index is 586. The minimum absolute atomic E-state index is 0. The van der Waals surface area contributed by atoms with Crippen LogP contribution in [0.5, 0.6) is 0 Å². The number of amides is 1. The first-order chi connectivity index (χ1) is 11.7. The lowest BCUT2D eigenvalue weighted by Gasteiger charge is -2.35. The predicted octanol–water partition coefficient (Wildman–Crippen LogP) is 2.18. The molecule has 0 aromatic carbocycles. The zero-order valence-electron chi connectivity index (χ0n) is 15.3. The molecule has 4 rings (SSSR count). The van der Waals surface area contributed by atoms with Crippen LogP contribution in [0.15, 0.2) is 12.4 Å². The van der Waals surface area contributed by atoms with Crippen LogP contribution in [-0.4, -0.2) is 58.5 Å². The maximum atomic E-state index is 12.7. The molecule has 148 valence electrons. The van der Waals surface area contributed by atoms with Crippen LogP contribution in [0.25, 0.3) is 0 Å². The second-order valence-corrected chi connectivity index (χ2v) is 7.75. The molecule has 1 amide bonds. The largest absolute Gasteiger partial charge is 0.373 e. The number of aryl methyl sites for hydroxylation is 1. The van der Waals surface area contributed by atoms with E-state index in [9.17, 15) is 4.79 Å². The molecule has 3 atom stereocenters. The van der Waals surface area contributed by atoms with E-state index in [1.54, 1.807) is 0 Å². The Hall–Kier alpha value is -0.820. The molecule has 3 unspecified atom stereocenters. The number of hydrogen-bond acceptors (Lipinski definition) is 4. The Morgan fingerprint density at radius 1 is 1.31 bits per heavy atom. The normalized spacial score (nSPS) is 30.4. The van der Waals surface area contributed by atoms with Crippen molar-refractivity contribution in [3.05, 3.63) is 18.0 Å². The van der Waals surface area contributed by atoms with Crippen molar-refractivity contribution in [3.63, 3.8) is 0 Å². The Kier molecular flexibility index (Phi) is 7.76. The standard InChI is InChI=1S/C18H28N4O2.2ClH/c1-13-9-19-22(10-13)12-17-11-21(4-5-24-17)18(23)8-14-6-15-2-3-16(7-14)20-15;;/h9-10,14-17,20H,2-8,11-12H2,1H3;2*1H. The van der Waals surface area contributed by atoms with Crippen molar-refractivity contribution < 1.29 is 9.53 Å². The predicted molar refractivity (Wildman–Crippen MR) is 105 cm³/mol. The van der Waals surface area contributed by atoms with Crippen molar-refractivity contribution in [2.24, 2.45) is 5.92 Å². The molecule has 26 heavy (non-hydrogen) atoms. The highest BCUT2D eigenvalue weighted by atomic mass is 35.5. The van der Waals surface area contributed by atoms with Crippen molar-refractivity contribution in [2.45, 2.75) is 63.8 Å². The first-order valence-corrected chi connectivity index (χ1v) is 9.30. The van der Waals surface area contributed by atoms with Gasteiger partial charge < -0.3 is 15.0 Å². The minimum Gasteiger partial charge on any atom is -0.373 e. The van der Waals surface area contributed by atoms with Crippen LogP contribution < -0.4 is 5.32 Å². The molecule has 3 aliphatic heterocycles. The summed E-state index contributed by atoms with van der Waals surface area (Å²) in [5.41, 5.74) is 1.15. The third-order valence-corrected chi connectivity index (χ3v) is 5.68. The number of rotatable bonds is 4. The van der Waals surface area contributed by atoms with Crippen molar-refractivity contribution in [1.82, 2.24) is 20.0 Å². The molecule has 1 aromatic rings. The number of piperidine rings is 1. The van der Waals surface area contributed by atoms with E-state index in [2.05, 4.69) is 10.4 Å². The van der Waals surface area contributed by atoms with E-state index in [4.69, 9.17) is 4.74 Å². The van der Waals surface area contributed by atoms with Gasteiger partial charge in [-0.2, -0.15) is 5.10 Å². The van der Waals surface area contributed by atoms with Gasteiger partial charge in [-0.25, -0.2) is 0 Å². The van der Waals surface area contributed by atoms with Crippen molar-refractivity contribution >= 4 is 30.7 Å². The lowest BCUT2D eigenvalue weighted by atomic mass is 9.89. The van der Waals surface area contributed by atoms with Crippen LogP contribution in [0.1, 0.15) is 37.7 Å². The number of halogens is 2. The minimum atomic E-state index is 0. The van der Waals surface area contributed by atoms with Crippen LogP contribution in [0.4, 0.5) is 0 Å². The Balaban J connectivity index is 0.00000121. The quantitative estimate of drug-likeness (QED) is 0.835. The average molecular weight is 405 g/mol. The molecule has 1 N–H and O–H groups in total. The van der Waals surface area contributed by atoms with E-state index in [1.807, 2.05) is 28.9 Å². The van der Waals surface area contributed by atoms with Gasteiger partial charge in [-0.15, -0.1) is 24.8 Å². The lowest BCUT2D eigenvalue weighted by Crippen LogP contribution is -2.48. The summed E-state index contributed by atoms with van der Waals surface area (Å²) in [6.07, 6.45) is 9.56. The van der Waals surface area contributed by atoms with Crippen LogP contribution >= 0.6 is 24.8 Å². The molecule has 8 heteroatoms. The highest BCUT2D eigenvalue weighted by molar-refractivity contribution is 5.85. The van der Waals surface area contributed by atoms with Gasteiger partial charge in [0.15, 0.2) is 0 Å². The van der Waals surface area contributed by atoms with Crippen LogP contribution in [0.2, 0.25) is 0 Å². The number of carbonyl (C=O) groups excluding carboxylic acids is 1. The lowest BCUT2D eigenvalue weighted by molar-refractivity contribution is -0.140. The number of hydrogen-bond donors (Lipinski definition) is 1. The van der Waals surface area contributed by atoms with E-state index < -0.39 is 0 Å². The molecule has 4 heterocycles. The fraction of sp³-hybridized carbons (Fsp3) is 0.778. The number of morpholine rings is 1. The SMILES string of the molecule is Cc1cnn(CC2CN(C(=O)CC3CC4CCC(C3)N4)CCO2)c1.Cl.Cl. The second kappa shape index (κ2) is 9.40. The zero-order chi connectivity index (χ0) is 16.5. The van der Waals surface area contributed by atoms with Gasteiger partial charge in [-0.3, -0.25) is 9.48 Å². The molecule has 0 aliphatic carbocycles. The molecule has 0 spiro atoms. The monoisotopic (exact) mass is 404 g/mol. The van der Waals surface area contributed by atoms with Gasteiger partial charge in [0.25, 0.3) is 0 Å². The number of nitrogens with zero attached hydrogens (tertiary/aromatic N) is 3. The molecule has 6 nitrogen and oxygen atoms in total. The maximum Gasteiger partial charge on any atom is 0.223 e. The topological polar surface area (TPSA) is 59.4 Å². The molecular formula is C18H30Cl2N4O2. The molecular weight excluding hydrogens is 375 g/mol. The van der Waals surface area contributed by atoms with Gasteiger partial charge in [0.05, 0.1) is 25.5 Å². The summed E-state index contributed by atoms with van der Waals surface area (Å²) in [6, 6.07) is 1.31. The van der Waals surface area contributed by atoms with Gasteiger partial charge in [-0.1, -0.05) is 0 Å². The zero-order valence-corrected chi connectivity index (χ0v) is 16.9. The first kappa shape index (κ1) is 21.5. The molecule has 0 radical (unpaired) electrons. The highest BCUT2D eigenvalue weighted by Gasteiger charge is 2.35. The Labute approximate surface area is 167 Å². The van der Waals surface area contributed by atoms with Crippen LogP contribution in [-0.2, 0) is 16.1 Å². The highest BCUT2D eigenvalue weighted by Crippen LogP contribution is 2.33. The Morgan fingerprint density at radius 2 is 2.04 bits per heavy atom. The Morgan fingerprint density at radius 3 is 2.69 bits per heavy atom. The number of nitrogens with one attached hydrogen (secondary N) is 1. The number of ether oxygens (including phenoxy) is 1. The van der Waals surface area contributed by atoms with E-state index in [-0.39, 0.29) is 30.9 Å². The molecule has 0 saturated carbocycles. The van der Waals surface area contributed by atoms with Crippen molar-refractivity contribution in [1.29, 1.82) is 0 Å². The molecule has 3 saturated heterocycles. The van der Waals surface area contributed by atoms with E-state index in [1.165, 1.54) is 25.7 Å². The van der Waals surface area contributed by atoms with Crippen LogP contribution in [0.3, 0.4) is 0 Å². The molecule has 1 aromatic heterocycles. The second-order valence-electron chi connectivity index (χ2n) is 7.75. The summed E-state index contributed by atoms with van der Waals surface area (Å²) in [5, 5.41) is 7.98. The van der Waals surface area contributed by atoms with E-state index >= 15 is 0 Å². The fourth-order valence-electron chi connectivity index (χ4n) is 4.55. The van der Waals surface area contributed by atoms with Crippen molar-refractivity contribution in [3.8, 4) is 0 Å². The average Bonchev–Trinajstić information content (AvgIpc) is 3.12. The number of carbonyl (C=O) groups is 1. The third kappa shape index (κ3) is 5.12. The summed E-state index contributed by atoms with van der Waals surface area (Å²) in [7, 11) is 0. The third-order valence-electron chi connectivity index (χ3n) is 5.68. The summed E-state index contributed by atoms with van der Waals surface area (Å²) >= 11 is 0. The fourth-order valence-corrected chi connectivity index (χ4v) is 4.55. The summed E-state index contributed by atoms with van der Waals surface area (Å²) < 4.78 is 7.76.